The zero-order chi connectivity index (χ0) is 10.4. The molecule has 3 nitrogen and oxygen atoms in total. The second-order valence-corrected chi connectivity index (χ2v) is 3.05. The van der Waals surface area contributed by atoms with Crippen molar-refractivity contribution < 1.29 is 15.3 Å². The molecule has 0 bridgehead atoms. The van der Waals surface area contributed by atoms with E-state index in [9.17, 15) is 5.11 Å². The van der Waals surface area contributed by atoms with Crippen molar-refractivity contribution >= 4 is 0 Å². The third-order valence-corrected chi connectivity index (χ3v) is 1.87. The third-order valence-electron chi connectivity index (χ3n) is 1.87. The number of hydrogen-bond donors (Lipinski definition) is 2. The molecule has 0 saturated heterocycles. The van der Waals surface area contributed by atoms with Crippen LogP contribution >= 0.6 is 0 Å². The van der Waals surface area contributed by atoms with Crippen molar-refractivity contribution in [3.05, 3.63) is 48.0 Å². The van der Waals surface area contributed by atoms with E-state index in [1.165, 1.54) is 0 Å². The maximum atomic E-state index is 9.64. The van der Waals surface area contributed by atoms with Gasteiger partial charge in [0.2, 0.25) is 0 Å². The van der Waals surface area contributed by atoms with E-state index in [1.807, 2.05) is 30.3 Å². The Labute approximate surface area is 83.2 Å². The van der Waals surface area contributed by atoms with Gasteiger partial charge in [-0.15, -0.1) is 0 Å². The molecule has 2 unspecified atom stereocenters. The Balaban J connectivity index is 2.59. The number of rotatable bonds is 4. The summed E-state index contributed by atoms with van der Waals surface area (Å²) in [6.45, 7) is 1.67. The molecule has 0 fully saturated rings. The van der Waals surface area contributed by atoms with Gasteiger partial charge in [0.15, 0.2) is 0 Å². The lowest BCUT2D eigenvalue weighted by Crippen LogP contribution is -2.01. The van der Waals surface area contributed by atoms with Gasteiger partial charge < -0.3 is 5.11 Å². The number of benzene rings is 1. The van der Waals surface area contributed by atoms with Crippen molar-refractivity contribution in [1.29, 1.82) is 0 Å². The van der Waals surface area contributed by atoms with Gasteiger partial charge in [0.25, 0.3) is 0 Å². The van der Waals surface area contributed by atoms with Gasteiger partial charge in [-0.1, -0.05) is 42.5 Å². The van der Waals surface area contributed by atoms with E-state index < -0.39 is 12.2 Å². The first-order valence-electron chi connectivity index (χ1n) is 4.45. The molecule has 3 heteroatoms. The fourth-order valence-corrected chi connectivity index (χ4v) is 1.06. The lowest BCUT2D eigenvalue weighted by Gasteiger charge is -2.06. The Bertz CT molecular complexity index is 282. The fraction of sp³-hybridized carbons (Fsp3) is 0.273. The molecule has 0 saturated carbocycles. The Morgan fingerprint density at radius 1 is 1.21 bits per heavy atom. The Hall–Kier alpha value is -1.16. The molecule has 0 aliphatic rings. The molecule has 1 aromatic carbocycles. The fourth-order valence-electron chi connectivity index (χ4n) is 1.06. The highest BCUT2D eigenvalue weighted by atomic mass is 17.1. The summed E-state index contributed by atoms with van der Waals surface area (Å²) in [6.07, 6.45) is 2.11. The van der Waals surface area contributed by atoms with E-state index in [2.05, 4.69) is 4.89 Å². The Morgan fingerprint density at radius 2 is 1.86 bits per heavy atom. The van der Waals surface area contributed by atoms with Gasteiger partial charge in [0.05, 0.1) is 6.10 Å². The molecule has 1 rings (SSSR count). The van der Waals surface area contributed by atoms with Gasteiger partial charge in [-0.25, -0.2) is 4.89 Å². The summed E-state index contributed by atoms with van der Waals surface area (Å²) in [7, 11) is 0. The first-order chi connectivity index (χ1) is 6.74. The van der Waals surface area contributed by atoms with Crippen molar-refractivity contribution in [3.8, 4) is 0 Å². The molecule has 76 valence electrons. The van der Waals surface area contributed by atoms with Gasteiger partial charge in [0, 0.05) is 0 Å². The highest BCUT2D eigenvalue weighted by Crippen LogP contribution is 2.13. The molecule has 0 aliphatic carbocycles. The smallest absolute Gasteiger partial charge is 0.108 e. The maximum absolute atomic E-state index is 9.64. The van der Waals surface area contributed by atoms with Crippen molar-refractivity contribution in [2.75, 3.05) is 0 Å². The number of hydrogen-bond acceptors (Lipinski definition) is 3. The largest absolute Gasteiger partial charge is 0.384 e. The van der Waals surface area contributed by atoms with Crippen molar-refractivity contribution in [2.45, 2.75) is 19.1 Å². The zero-order valence-electron chi connectivity index (χ0n) is 8.00. The van der Waals surface area contributed by atoms with Crippen molar-refractivity contribution in [2.24, 2.45) is 0 Å². The van der Waals surface area contributed by atoms with Crippen LogP contribution in [0.2, 0.25) is 0 Å². The average molecular weight is 194 g/mol. The predicted molar refractivity (Wildman–Crippen MR) is 53.7 cm³/mol. The summed E-state index contributed by atoms with van der Waals surface area (Å²) in [4.78, 5) is 4.04. The van der Waals surface area contributed by atoms with Crippen LogP contribution in [0.5, 0.6) is 0 Å². The van der Waals surface area contributed by atoms with Crippen molar-refractivity contribution in [3.63, 3.8) is 0 Å². The minimum Gasteiger partial charge on any atom is -0.384 e. The van der Waals surface area contributed by atoms with Crippen LogP contribution in [0.25, 0.3) is 0 Å². The minimum atomic E-state index is -0.659. The first kappa shape index (κ1) is 10.9. The van der Waals surface area contributed by atoms with Gasteiger partial charge in [-0.3, -0.25) is 5.26 Å². The summed E-state index contributed by atoms with van der Waals surface area (Å²) in [5, 5.41) is 17.9. The lowest BCUT2D eigenvalue weighted by molar-refractivity contribution is -0.261. The van der Waals surface area contributed by atoms with Crippen molar-refractivity contribution in [1.82, 2.24) is 0 Å². The molecule has 2 N–H and O–H groups in total. The highest BCUT2D eigenvalue weighted by molar-refractivity contribution is 5.21. The zero-order valence-corrected chi connectivity index (χ0v) is 8.00. The summed E-state index contributed by atoms with van der Waals surface area (Å²) >= 11 is 0. The van der Waals surface area contributed by atoms with E-state index in [0.717, 1.165) is 5.56 Å². The monoisotopic (exact) mass is 194 g/mol. The highest BCUT2D eigenvalue weighted by Gasteiger charge is 2.02. The molecule has 0 spiro atoms. The SMILES string of the molecule is CC(/C=C/C(O)c1ccccc1)OO. The topological polar surface area (TPSA) is 49.7 Å². The van der Waals surface area contributed by atoms with Crippen LogP contribution in [0.15, 0.2) is 42.5 Å². The first-order valence-corrected chi connectivity index (χ1v) is 4.45. The summed E-state index contributed by atoms with van der Waals surface area (Å²) in [6, 6.07) is 9.27. The second kappa shape index (κ2) is 5.54. The molecule has 0 amide bonds. The Kier molecular flexibility index (Phi) is 4.32. The third kappa shape index (κ3) is 3.30. The Morgan fingerprint density at radius 3 is 2.43 bits per heavy atom. The summed E-state index contributed by atoms with van der Waals surface area (Å²) in [5.41, 5.74) is 0.814. The molecule has 0 heterocycles. The molecular weight excluding hydrogens is 180 g/mol. The summed E-state index contributed by atoms with van der Waals surface area (Å²) < 4.78 is 0. The standard InChI is InChI=1S/C11H14O3/c1-9(14-13)7-8-11(12)10-5-3-2-4-6-10/h2-9,11-13H,1H3/b8-7+. The molecule has 14 heavy (non-hydrogen) atoms. The van der Waals surface area contributed by atoms with Gasteiger partial charge >= 0.3 is 0 Å². The van der Waals surface area contributed by atoms with E-state index in [1.54, 1.807) is 19.1 Å². The quantitative estimate of drug-likeness (QED) is 0.438. The minimum absolute atomic E-state index is 0.409. The van der Waals surface area contributed by atoms with Gasteiger partial charge in [-0.2, -0.15) is 0 Å². The van der Waals surface area contributed by atoms with E-state index in [-0.39, 0.29) is 0 Å². The second-order valence-electron chi connectivity index (χ2n) is 3.05. The lowest BCUT2D eigenvalue weighted by atomic mass is 10.1. The maximum Gasteiger partial charge on any atom is 0.108 e. The van der Waals surface area contributed by atoms with Crippen LogP contribution < -0.4 is 0 Å². The average Bonchev–Trinajstić information content (AvgIpc) is 2.26. The van der Waals surface area contributed by atoms with Gasteiger partial charge in [-0.05, 0) is 12.5 Å². The van der Waals surface area contributed by atoms with E-state index >= 15 is 0 Å². The number of aliphatic hydroxyl groups is 1. The molecule has 0 aliphatic heterocycles. The van der Waals surface area contributed by atoms with Crippen LogP contribution in [0, 0.1) is 0 Å². The van der Waals surface area contributed by atoms with Crippen LogP contribution in [-0.2, 0) is 4.89 Å². The molecular formula is C11H14O3. The van der Waals surface area contributed by atoms with E-state index in [0.29, 0.717) is 0 Å². The van der Waals surface area contributed by atoms with Crippen LogP contribution in [0.3, 0.4) is 0 Å². The summed E-state index contributed by atoms with van der Waals surface area (Å²) in [5.74, 6) is 0. The van der Waals surface area contributed by atoms with Gasteiger partial charge in [0.1, 0.15) is 6.10 Å². The predicted octanol–water partition coefficient (Wildman–Crippen LogP) is 2.15. The normalized spacial score (nSPS) is 15.6. The molecule has 2 atom stereocenters. The van der Waals surface area contributed by atoms with Crippen LogP contribution in [0.1, 0.15) is 18.6 Å². The van der Waals surface area contributed by atoms with Crippen LogP contribution in [-0.4, -0.2) is 16.5 Å². The number of aliphatic hydroxyl groups excluding tert-OH is 1. The van der Waals surface area contributed by atoms with E-state index in [4.69, 9.17) is 5.26 Å². The molecule has 0 aromatic heterocycles. The van der Waals surface area contributed by atoms with Crippen LogP contribution in [0.4, 0.5) is 0 Å². The molecule has 1 aromatic rings. The molecule has 0 radical (unpaired) electrons.